The Morgan fingerprint density at radius 2 is 2.15 bits per heavy atom. The van der Waals surface area contributed by atoms with E-state index in [-0.39, 0.29) is 12.0 Å². The minimum absolute atomic E-state index is 0.0870. The molecule has 4 heteroatoms. The van der Waals surface area contributed by atoms with Crippen LogP contribution in [0, 0.1) is 0 Å². The summed E-state index contributed by atoms with van der Waals surface area (Å²) < 4.78 is 7.91. The van der Waals surface area contributed by atoms with Crippen molar-refractivity contribution in [2.45, 2.75) is 39.8 Å². The summed E-state index contributed by atoms with van der Waals surface area (Å²) in [5.41, 5.74) is 1.10. The van der Waals surface area contributed by atoms with Crippen LogP contribution in [-0.2, 0) is 11.3 Å². The maximum Gasteiger partial charge on any atom is 0.221 e. The molecule has 0 radical (unpaired) electrons. The van der Waals surface area contributed by atoms with Crippen molar-refractivity contribution < 1.29 is 9.53 Å². The molecule has 2 aromatic rings. The van der Waals surface area contributed by atoms with Crippen molar-refractivity contribution in [3.05, 3.63) is 30.5 Å². The number of carbonyl (C=O) groups excluding carboxylic acids is 1. The summed E-state index contributed by atoms with van der Waals surface area (Å²) in [5, 5.41) is 3.91. The molecule has 0 aliphatic carbocycles. The van der Waals surface area contributed by atoms with Crippen LogP contribution in [0.3, 0.4) is 0 Å². The Morgan fingerprint density at radius 3 is 2.85 bits per heavy atom. The first-order chi connectivity index (χ1) is 9.61. The maximum atomic E-state index is 11.5. The number of fused-ring (bicyclic) bond motifs is 1. The molecule has 2 rings (SSSR count). The van der Waals surface area contributed by atoms with Gasteiger partial charge in [-0.15, -0.1) is 0 Å². The molecule has 1 heterocycles. The molecule has 0 aliphatic rings. The Hall–Kier alpha value is -1.97. The largest absolute Gasteiger partial charge is 0.490 e. The summed E-state index contributed by atoms with van der Waals surface area (Å²) in [4.78, 5) is 11.5. The Labute approximate surface area is 119 Å². The van der Waals surface area contributed by atoms with Gasteiger partial charge < -0.3 is 14.6 Å². The van der Waals surface area contributed by atoms with E-state index in [1.54, 1.807) is 0 Å². The molecule has 0 spiro atoms. The standard InChI is InChI=1S/C16H22N2O2/c1-4-17-16(19)9-11-18-10-8-13-14(18)6-5-7-15(13)20-12(2)3/h5-8,10,12H,4,9,11H2,1-3H3,(H,17,19). The minimum Gasteiger partial charge on any atom is -0.490 e. The van der Waals surface area contributed by atoms with Crippen LogP contribution in [0.5, 0.6) is 5.75 Å². The van der Waals surface area contributed by atoms with Crippen molar-refractivity contribution in [2.24, 2.45) is 0 Å². The summed E-state index contributed by atoms with van der Waals surface area (Å²) in [6.07, 6.45) is 2.66. The lowest BCUT2D eigenvalue weighted by molar-refractivity contribution is -0.121. The van der Waals surface area contributed by atoms with E-state index < -0.39 is 0 Å². The van der Waals surface area contributed by atoms with Gasteiger partial charge in [0.2, 0.25) is 5.91 Å². The predicted molar refractivity (Wildman–Crippen MR) is 81.0 cm³/mol. The number of benzene rings is 1. The zero-order chi connectivity index (χ0) is 14.5. The maximum absolute atomic E-state index is 11.5. The van der Waals surface area contributed by atoms with Crippen molar-refractivity contribution in [3.63, 3.8) is 0 Å². The lowest BCUT2D eigenvalue weighted by Crippen LogP contribution is -2.23. The van der Waals surface area contributed by atoms with Crippen molar-refractivity contribution in [2.75, 3.05) is 6.54 Å². The van der Waals surface area contributed by atoms with Gasteiger partial charge in [-0.1, -0.05) is 6.07 Å². The van der Waals surface area contributed by atoms with E-state index >= 15 is 0 Å². The third kappa shape index (κ3) is 3.32. The average Bonchev–Trinajstić information content (AvgIpc) is 2.80. The summed E-state index contributed by atoms with van der Waals surface area (Å²) in [5.74, 6) is 0.984. The molecule has 0 bridgehead atoms. The van der Waals surface area contributed by atoms with Gasteiger partial charge in [-0.05, 0) is 39.0 Å². The number of hydrogen-bond acceptors (Lipinski definition) is 2. The smallest absolute Gasteiger partial charge is 0.221 e. The van der Waals surface area contributed by atoms with Crippen LogP contribution in [0.2, 0.25) is 0 Å². The Bertz CT molecular complexity index is 587. The van der Waals surface area contributed by atoms with Gasteiger partial charge >= 0.3 is 0 Å². The van der Waals surface area contributed by atoms with E-state index in [4.69, 9.17) is 4.74 Å². The fraction of sp³-hybridized carbons (Fsp3) is 0.438. The van der Waals surface area contributed by atoms with E-state index in [0.29, 0.717) is 19.5 Å². The number of hydrogen-bond donors (Lipinski definition) is 1. The molecule has 0 saturated heterocycles. The van der Waals surface area contributed by atoms with E-state index in [9.17, 15) is 4.79 Å². The molecular weight excluding hydrogens is 252 g/mol. The highest BCUT2D eigenvalue weighted by Gasteiger charge is 2.08. The van der Waals surface area contributed by atoms with Crippen LogP contribution in [0.1, 0.15) is 27.2 Å². The molecule has 1 amide bonds. The molecule has 0 fully saturated rings. The summed E-state index contributed by atoms with van der Waals surface area (Å²) in [6, 6.07) is 8.07. The Kier molecular flexibility index (Phi) is 4.66. The molecule has 0 atom stereocenters. The number of aryl methyl sites for hydroxylation is 1. The van der Waals surface area contributed by atoms with Gasteiger partial charge in [-0.25, -0.2) is 0 Å². The van der Waals surface area contributed by atoms with Crippen molar-refractivity contribution in [1.29, 1.82) is 0 Å². The second-order valence-electron chi connectivity index (χ2n) is 5.07. The molecule has 20 heavy (non-hydrogen) atoms. The number of nitrogens with one attached hydrogen (secondary N) is 1. The fourth-order valence-electron chi connectivity index (χ4n) is 2.25. The van der Waals surface area contributed by atoms with Gasteiger partial charge in [0.1, 0.15) is 5.75 Å². The van der Waals surface area contributed by atoms with Gasteiger partial charge in [0.15, 0.2) is 0 Å². The minimum atomic E-state index is 0.0870. The summed E-state index contributed by atoms with van der Waals surface area (Å²) in [6.45, 7) is 7.33. The third-order valence-electron chi connectivity index (χ3n) is 3.09. The van der Waals surface area contributed by atoms with Gasteiger partial charge in [-0.2, -0.15) is 0 Å². The van der Waals surface area contributed by atoms with Crippen LogP contribution in [0.15, 0.2) is 30.5 Å². The zero-order valence-corrected chi connectivity index (χ0v) is 12.3. The summed E-state index contributed by atoms with van der Waals surface area (Å²) >= 11 is 0. The fourth-order valence-corrected chi connectivity index (χ4v) is 2.25. The van der Waals surface area contributed by atoms with Crippen LogP contribution in [-0.4, -0.2) is 23.1 Å². The van der Waals surface area contributed by atoms with Crippen molar-refractivity contribution >= 4 is 16.8 Å². The highest BCUT2D eigenvalue weighted by atomic mass is 16.5. The second-order valence-corrected chi connectivity index (χ2v) is 5.07. The SMILES string of the molecule is CCNC(=O)CCn1ccc2c(OC(C)C)cccc21. The van der Waals surface area contributed by atoms with E-state index in [1.165, 1.54) is 0 Å². The molecule has 0 aliphatic heterocycles. The number of nitrogens with zero attached hydrogens (tertiary/aromatic N) is 1. The van der Waals surface area contributed by atoms with Crippen LogP contribution in [0.25, 0.3) is 10.9 Å². The number of aromatic nitrogens is 1. The van der Waals surface area contributed by atoms with Gasteiger partial charge in [0.05, 0.1) is 11.6 Å². The lowest BCUT2D eigenvalue weighted by Gasteiger charge is -2.11. The molecule has 4 nitrogen and oxygen atoms in total. The summed E-state index contributed by atoms with van der Waals surface area (Å²) in [7, 11) is 0. The molecular formula is C16H22N2O2. The number of amides is 1. The quantitative estimate of drug-likeness (QED) is 0.880. The second kappa shape index (κ2) is 6.46. The number of carbonyl (C=O) groups is 1. The number of ether oxygens (including phenoxy) is 1. The van der Waals surface area contributed by atoms with E-state index in [0.717, 1.165) is 16.7 Å². The Balaban J connectivity index is 2.17. The molecule has 1 aromatic carbocycles. The first kappa shape index (κ1) is 14.4. The van der Waals surface area contributed by atoms with Crippen molar-refractivity contribution in [3.8, 4) is 5.75 Å². The van der Waals surface area contributed by atoms with Gasteiger partial charge in [0.25, 0.3) is 0 Å². The predicted octanol–water partition coefficient (Wildman–Crippen LogP) is 2.95. The van der Waals surface area contributed by atoms with Gasteiger partial charge in [0, 0.05) is 31.1 Å². The van der Waals surface area contributed by atoms with E-state index in [1.807, 2.05) is 45.2 Å². The van der Waals surface area contributed by atoms with Gasteiger partial charge in [-0.3, -0.25) is 4.79 Å². The normalized spacial score (nSPS) is 11.0. The molecule has 0 unspecified atom stereocenters. The third-order valence-corrected chi connectivity index (χ3v) is 3.09. The van der Waals surface area contributed by atoms with Crippen LogP contribution in [0.4, 0.5) is 0 Å². The molecule has 108 valence electrons. The first-order valence-electron chi connectivity index (χ1n) is 7.13. The molecule has 1 N–H and O–H groups in total. The molecule has 1 aromatic heterocycles. The first-order valence-corrected chi connectivity index (χ1v) is 7.13. The highest BCUT2D eigenvalue weighted by molar-refractivity contribution is 5.86. The highest BCUT2D eigenvalue weighted by Crippen LogP contribution is 2.27. The van der Waals surface area contributed by atoms with Crippen LogP contribution < -0.4 is 10.1 Å². The zero-order valence-electron chi connectivity index (χ0n) is 12.3. The Morgan fingerprint density at radius 1 is 1.35 bits per heavy atom. The monoisotopic (exact) mass is 274 g/mol. The van der Waals surface area contributed by atoms with Crippen LogP contribution >= 0.6 is 0 Å². The average molecular weight is 274 g/mol. The van der Waals surface area contributed by atoms with Crippen molar-refractivity contribution in [1.82, 2.24) is 9.88 Å². The topological polar surface area (TPSA) is 43.3 Å². The molecule has 0 saturated carbocycles. The van der Waals surface area contributed by atoms with E-state index in [2.05, 4.69) is 16.0 Å². The lowest BCUT2D eigenvalue weighted by atomic mass is 10.2. The number of rotatable bonds is 6.